The summed E-state index contributed by atoms with van der Waals surface area (Å²) in [5, 5.41) is 13.6. The predicted molar refractivity (Wildman–Crippen MR) is 57.3 cm³/mol. The van der Waals surface area contributed by atoms with Crippen molar-refractivity contribution in [2.24, 2.45) is 5.73 Å². The number of furan rings is 1. The van der Waals surface area contributed by atoms with E-state index in [1.165, 1.54) is 17.0 Å². The van der Waals surface area contributed by atoms with Crippen molar-refractivity contribution >= 4 is 11.9 Å². The molecule has 92 valence electrons. The first-order valence-corrected chi connectivity index (χ1v) is 5.10. The van der Waals surface area contributed by atoms with Gasteiger partial charge in [-0.05, 0) is 6.07 Å². The number of hydrogen-bond acceptors (Lipinski definition) is 5. The van der Waals surface area contributed by atoms with Crippen molar-refractivity contribution in [3.63, 3.8) is 0 Å². The van der Waals surface area contributed by atoms with Crippen molar-refractivity contribution < 1.29 is 14.1 Å². The van der Waals surface area contributed by atoms with Crippen molar-refractivity contribution in [3.8, 4) is 0 Å². The molecule has 0 radical (unpaired) electrons. The van der Waals surface area contributed by atoms with Gasteiger partial charge < -0.3 is 20.4 Å². The van der Waals surface area contributed by atoms with Gasteiger partial charge in [0.1, 0.15) is 16.7 Å². The van der Waals surface area contributed by atoms with Crippen molar-refractivity contribution in [3.05, 3.63) is 28.0 Å². The molecule has 0 aliphatic carbocycles. The van der Waals surface area contributed by atoms with Gasteiger partial charge in [-0.2, -0.15) is 0 Å². The first kappa shape index (κ1) is 11.4. The third kappa shape index (κ3) is 2.21. The molecule has 1 aliphatic heterocycles. The zero-order valence-corrected chi connectivity index (χ0v) is 8.96. The molecule has 2 rings (SSSR count). The lowest BCUT2D eigenvalue weighted by atomic mass is 10.1. The van der Waals surface area contributed by atoms with Gasteiger partial charge in [0.25, 0.3) is 0 Å². The largest absolute Gasteiger partial charge is 0.433 e. The smallest absolute Gasteiger partial charge is 0.404 e. The third-order valence-electron chi connectivity index (χ3n) is 2.65. The van der Waals surface area contributed by atoms with Crippen LogP contribution in [0.15, 0.2) is 16.5 Å². The number of carbonyl (C=O) groups is 1. The molecule has 8 heteroatoms. The van der Waals surface area contributed by atoms with Crippen LogP contribution in [0, 0.1) is 10.1 Å². The summed E-state index contributed by atoms with van der Waals surface area (Å²) in [5.41, 5.74) is 5.25. The van der Waals surface area contributed by atoms with Crippen LogP contribution in [0.3, 0.4) is 0 Å². The molecule has 1 saturated heterocycles. The van der Waals surface area contributed by atoms with Gasteiger partial charge in [-0.1, -0.05) is 0 Å². The number of nitrogens with zero attached hydrogens (tertiary/aromatic N) is 2. The molecule has 0 bridgehead atoms. The van der Waals surface area contributed by atoms with Gasteiger partial charge in [0.15, 0.2) is 0 Å². The Bertz CT molecular complexity index is 444. The van der Waals surface area contributed by atoms with Gasteiger partial charge in [-0.25, -0.2) is 4.79 Å². The van der Waals surface area contributed by atoms with Gasteiger partial charge >= 0.3 is 11.9 Å². The van der Waals surface area contributed by atoms with Crippen molar-refractivity contribution in [2.75, 3.05) is 19.6 Å². The van der Waals surface area contributed by atoms with Gasteiger partial charge in [0, 0.05) is 19.6 Å². The lowest BCUT2D eigenvalue weighted by Gasteiger charge is -2.33. The molecular weight excluding hydrogens is 228 g/mol. The molecule has 1 aliphatic rings. The summed E-state index contributed by atoms with van der Waals surface area (Å²) in [6.07, 6.45) is 0. The van der Waals surface area contributed by atoms with Crippen LogP contribution >= 0.6 is 0 Å². The van der Waals surface area contributed by atoms with Gasteiger partial charge in [-0.3, -0.25) is 10.1 Å². The van der Waals surface area contributed by atoms with Crippen LogP contribution in [-0.2, 0) is 0 Å². The Kier molecular flexibility index (Phi) is 2.96. The average Bonchev–Trinajstić information content (AvgIpc) is 2.78. The molecule has 2 amide bonds. The third-order valence-corrected chi connectivity index (χ3v) is 2.65. The second kappa shape index (κ2) is 4.42. The molecule has 1 unspecified atom stereocenters. The van der Waals surface area contributed by atoms with E-state index in [1.807, 2.05) is 0 Å². The number of primary amides is 1. The fourth-order valence-corrected chi connectivity index (χ4v) is 1.84. The SMILES string of the molecule is NC(=O)N1CCNCC1c1ccc([N+](=O)[O-])o1. The van der Waals surface area contributed by atoms with Gasteiger partial charge in [0.05, 0.1) is 6.07 Å². The van der Waals surface area contributed by atoms with Crippen LogP contribution in [-0.4, -0.2) is 35.5 Å². The van der Waals surface area contributed by atoms with Gasteiger partial charge in [-0.15, -0.1) is 0 Å². The summed E-state index contributed by atoms with van der Waals surface area (Å²) >= 11 is 0. The first-order valence-electron chi connectivity index (χ1n) is 5.10. The number of nitro groups is 1. The van der Waals surface area contributed by atoms with E-state index in [2.05, 4.69) is 5.32 Å². The summed E-state index contributed by atoms with van der Waals surface area (Å²) < 4.78 is 5.08. The Morgan fingerprint density at radius 3 is 3.00 bits per heavy atom. The Morgan fingerprint density at radius 1 is 1.65 bits per heavy atom. The summed E-state index contributed by atoms with van der Waals surface area (Å²) in [4.78, 5) is 22.5. The summed E-state index contributed by atoms with van der Waals surface area (Å²) in [6.45, 7) is 1.56. The predicted octanol–water partition coefficient (Wildman–Crippen LogP) is 0.213. The Balaban J connectivity index is 2.23. The Labute approximate surface area is 96.5 Å². The van der Waals surface area contributed by atoms with Crippen LogP contribution in [0.25, 0.3) is 0 Å². The molecule has 1 fully saturated rings. The minimum absolute atomic E-state index is 0.338. The lowest BCUT2D eigenvalue weighted by Crippen LogP contribution is -2.50. The molecular formula is C9H12N4O4. The molecule has 1 aromatic heterocycles. The van der Waals surface area contributed by atoms with Crippen LogP contribution in [0.1, 0.15) is 11.8 Å². The molecule has 0 aromatic carbocycles. The monoisotopic (exact) mass is 240 g/mol. The Hall–Kier alpha value is -2.09. The highest BCUT2D eigenvalue weighted by atomic mass is 16.6. The maximum Gasteiger partial charge on any atom is 0.433 e. The lowest BCUT2D eigenvalue weighted by molar-refractivity contribution is -0.402. The van der Waals surface area contributed by atoms with E-state index >= 15 is 0 Å². The van der Waals surface area contributed by atoms with E-state index < -0.39 is 17.0 Å². The van der Waals surface area contributed by atoms with Crippen molar-refractivity contribution in [1.29, 1.82) is 0 Å². The first-order chi connectivity index (χ1) is 8.09. The van der Waals surface area contributed by atoms with E-state index in [-0.39, 0.29) is 5.88 Å². The zero-order chi connectivity index (χ0) is 12.4. The van der Waals surface area contributed by atoms with Gasteiger partial charge in [0.2, 0.25) is 0 Å². The molecule has 2 heterocycles. The quantitative estimate of drug-likeness (QED) is 0.566. The van der Waals surface area contributed by atoms with Crippen molar-refractivity contribution in [1.82, 2.24) is 10.2 Å². The van der Waals surface area contributed by atoms with Crippen LogP contribution < -0.4 is 11.1 Å². The average molecular weight is 240 g/mol. The number of amides is 2. The van der Waals surface area contributed by atoms with Crippen LogP contribution in [0.5, 0.6) is 0 Å². The highest BCUT2D eigenvalue weighted by Crippen LogP contribution is 2.26. The number of carbonyl (C=O) groups excluding carboxylic acids is 1. The molecule has 1 atom stereocenters. The molecule has 8 nitrogen and oxygen atoms in total. The number of rotatable bonds is 2. The number of hydrogen-bond donors (Lipinski definition) is 2. The minimum atomic E-state index is -0.617. The Morgan fingerprint density at radius 2 is 2.41 bits per heavy atom. The molecule has 1 aromatic rings. The van der Waals surface area contributed by atoms with E-state index in [0.29, 0.717) is 25.4 Å². The maximum absolute atomic E-state index is 11.2. The second-order valence-corrected chi connectivity index (χ2v) is 3.68. The summed E-state index contributed by atoms with van der Waals surface area (Å²) in [7, 11) is 0. The van der Waals surface area contributed by atoms with Crippen molar-refractivity contribution in [2.45, 2.75) is 6.04 Å². The second-order valence-electron chi connectivity index (χ2n) is 3.68. The number of piperazine rings is 1. The molecule has 3 N–H and O–H groups in total. The summed E-state index contributed by atoms with van der Waals surface area (Å²) in [5.74, 6) is 0.0256. The zero-order valence-electron chi connectivity index (χ0n) is 8.96. The normalized spacial score (nSPS) is 20.2. The standard InChI is InChI=1S/C9H12N4O4/c10-9(14)12-4-3-11-5-6(12)7-1-2-8(17-7)13(15)16/h1-2,6,11H,3-5H2,(H2,10,14). The number of nitrogens with one attached hydrogen (secondary N) is 1. The number of nitrogens with two attached hydrogens (primary N) is 1. The minimum Gasteiger partial charge on any atom is -0.404 e. The summed E-state index contributed by atoms with van der Waals surface area (Å²) in [6, 6.07) is 1.81. The van der Waals surface area contributed by atoms with E-state index in [0.717, 1.165) is 0 Å². The topological polar surface area (TPSA) is 115 Å². The fraction of sp³-hybridized carbons (Fsp3) is 0.444. The highest BCUT2D eigenvalue weighted by Gasteiger charge is 2.30. The van der Waals surface area contributed by atoms with Crippen LogP contribution in [0.4, 0.5) is 10.7 Å². The number of urea groups is 1. The maximum atomic E-state index is 11.2. The van der Waals surface area contributed by atoms with E-state index in [4.69, 9.17) is 10.2 Å². The molecule has 0 saturated carbocycles. The molecule has 0 spiro atoms. The van der Waals surface area contributed by atoms with Crippen LogP contribution in [0.2, 0.25) is 0 Å². The fourth-order valence-electron chi connectivity index (χ4n) is 1.84. The highest BCUT2D eigenvalue weighted by molar-refractivity contribution is 5.72. The molecule has 17 heavy (non-hydrogen) atoms. The van der Waals surface area contributed by atoms with E-state index in [9.17, 15) is 14.9 Å². The van der Waals surface area contributed by atoms with E-state index in [1.54, 1.807) is 0 Å².